The minimum atomic E-state index is -0.706. The molecule has 1 aromatic rings. The van der Waals surface area contributed by atoms with Crippen LogP contribution in [0.25, 0.3) is 0 Å². The predicted octanol–water partition coefficient (Wildman–Crippen LogP) is 0.272. The SMILES string of the molecule is CNc1ncnc(SCC(O)CO)c1C. The van der Waals surface area contributed by atoms with Crippen LogP contribution in [-0.4, -0.2) is 45.7 Å². The topological polar surface area (TPSA) is 78.3 Å². The average Bonchev–Trinajstić information content (AvgIpc) is 2.27. The third-order valence-corrected chi connectivity index (χ3v) is 3.13. The third-order valence-electron chi connectivity index (χ3n) is 1.90. The molecule has 0 aliphatic rings. The molecule has 1 unspecified atom stereocenters. The van der Waals surface area contributed by atoms with Crippen LogP contribution in [0.3, 0.4) is 0 Å². The Morgan fingerprint density at radius 2 is 2.27 bits per heavy atom. The number of nitrogens with zero attached hydrogens (tertiary/aromatic N) is 2. The summed E-state index contributed by atoms with van der Waals surface area (Å²) in [4.78, 5) is 8.17. The van der Waals surface area contributed by atoms with Crippen LogP contribution in [0.1, 0.15) is 5.56 Å². The number of nitrogens with one attached hydrogen (secondary N) is 1. The molecule has 1 rings (SSSR count). The Bertz CT molecular complexity index is 322. The Morgan fingerprint density at radius 3 is 2.87 bits per heavy atom. The van der Waals surface area contributed by atoms with Crippen molar-refractivity contribution in [2.24, 2.45) is 0 Å². The molecule has 0 aromatic carbocycles. The highest BCUT2D eigenvalue weighted by Gasteiger charge is 2.08. The first-order valence-electron chi connectivity index (χ1n) is 4.60. The maximum absolute atomic E-state index is 9.21. The van der Waals surface area contributed by atoms with Gasteiger partial charge in [0.05, 0.1) is 12.7 Å². The number of thioether (sulfide) groups is 1. The number of hydrogen-bond acceptors (Lipinski definition) is 6. The van der Waals surface area contributed by atoms with E-state index < -0.39 is 6.10 Å². The molecule has 0 radical (unpaired) electrons. The van der Waals surface area contributed by atoms with Gasteiger partial charge in [-0.3, -0.25) is 0 Å². The Kier molecular flexibility index (Phi) is 4.80. The molecule has 0 spiro atoms. The van der Waals surface area contributed by atoms with Gasteiger partial charge in [0.1, 0.15) is 17.2 Å². The Labute approximate surface area is 93.0 Å². The first-order valence-corrected chi connectivity index (χ1v) is 5.58. The van der Waals surface area contributed by atoms with E-state index >= 15 is 0 Å². The zero-order valence-electron chi connectivity index (χ0n) is 8.77. The second-order valence-electron chi connectivity index (χ2n) is 3.05. The minimum Gasteiger partial charge on any atom is -0.394 e. The highest BCUT2D eigenvalue weighted by Crippen LogP contribution is 2.23. The first-order chi connectivity index (χ1) is 7.19. The van der Waals surface area contributed by atoms with E-state index in [1.807, 2.05) is 6.92 Å². The van der Waals surface area contributed by atoms with E-state index in [0.717, 1.165) is 16.4 Å². The number of aromatic nitrogens is 2. The fourth-order valence-electron chi connectivity index (χ4n) is 1.06. The van der Waals surface area contributed by atoms with Crippen LogP contribution in [0.4, 0.5) is 5.82 Å². The van der Waals surface area contributed by atoms with E-state index in [9.17, 15) is 5.11 Å². The van der Waals surface area contributed by atoms with Crippen LogP contribution < -0.4 is 5.32 Å². The lowest BCUT2D eigenvalue weighted by molar-refractivity contribution is 0.113. The van der Waals surface area contributed by atoms with E-state index in [1.165, 1.54) is 18.1 Å². The molecular weight excluding hydrogens is 214 g/mol. The van der Waals surface area contributed by atoms with Crippen molar-refractivity contribution in [2.75, 3.05) is 24.7 Å². The molecule has 0 saturated heterocycles. The number of hydrogen-bond donors (Lipinski definition) is 3. The molecule has 0 saturated carbocycles. The summed E-state index contributed by atoms with van der Waals surface area (Å²) in [5.41, 5.74) is 0.954. The molecule has 0 bridgehead atoms. The molecule has 1 heterocycles. The van der Waals surface area contributed by atoms with Crippen LogP contribution in [0.5, 0.6) is 0 Å². The predicted molar refractivity (Wildman–Crippen MR) is 60.1 cm³/mol. The molecule has 5 nitrogen and oxygen atoms in total. The van der Waals surface area contributed by atoms with Crippen LogP contribution in [0.2, 0.25) is 0 Å². The van der Waals surface area contributed by atoms with Crippen LogP contribution in [-0.2, 0) is 0 Å². The van der Waals surface area contributed by atoms with Gasteiger partial charge >= 0.3 is 0 Å². The molecule has 0 aliphatic carbocycles. The lowest BCUT2D eigenvalue weighted by Gasteiger charge is -2.09. The zero-order chi connectivity index (χ0) is 11.3. The average molecular weight is 229 g/mol. The van der Waals surface area contributed by atoms with Gasteiger partial charge in [0.2, 0.25) is 0 Å². The van der Waals surface area contributed by atoms with Crippen molar-refractivity contribution in [1.82, 2.24) is 9.97 Å². The van der Waals surface area contributed by atoms with Gasteiger partial charge in [-0.15, -0.1) is 11.8 Å². The fourth-order valence-corrected chi connectivity index (χ4v) is 1.95. The molecular formula is C9H15N3O2S. The lowest BCUT2D eigenvalue weighted by atomic mass is 10.3. The highest BCUT2D eigenvalue weighted by atomic mass is 32.2. The van der Waals surface area contributed by atoms with Crippen molar-refractivity contribution in [3.8, 4) is 0 Å². The highest BCUT2D eigenvalue weighted by molar-refractivity contribution is 7.99. The number of rotatable bonds is 5. The maximum atomic E-state index is 9.21. The van der Waals surface area contributed by atoms with E-state index in [4.69, 9.17) is 5.11 Å². The van der Waals surface area contributed by atoms with Gasteiger partial charge in [-0.25, -0.2) is 9.97 Å². The Hall–Kier alpha value is -0.850. The molecule has 84 valence electrons. The molecule has 1 aromatic heterocycles. The molecule has 0 aliphatic heterocycles. The van der Waals surface area contributed by atoms with Crippen molar-refractivity contribution >= 4 is 17.6 Å². The summed E-state index contributed by atoms with van der Waals surface area (Å²) in [6.07, 6.45) is 0.773. The van der Waals surface area contributed by atoms with Gasteiger partial charge in [-0.2, -0.15) is 0 Å². The van der Waals surface area contributed by atoms with Gasteiger partial charge in [0.15, 0.2) is 0 Å². The van der Waals surface area contributed by atoms with E-state index in [2.05, 4.69) is 15.3 Å². The fraction of sp³-hybridized carbons (Fsp3) is 0.556. The second-order valence-corrected chi connectivity index (χ2v) is 4.06. The number of anilines is 1. The van der Waals surface area contributed by atoms with Crippen LogP contribution >= 0.6 is 11.8 Å². The summed E-state index contributed by atoms with van der Waals surface area (Å²) in [5.74, 6) is 1.21. The Balaban J connectivity index is 2.68. The van der Waals surface area contributed by atoms with Gasteiger partial charge < -0.3 is 15.5 Å². The molecule has 0 fully saturated rings. The van der Waals surface area contributed by atoms with Crippen molar-refractivity contribution in [2.45, 2.75) is 18.1 Å². The number of aliphatic hydroxyl groups excluding tert-OH is 2. The molecule has 1 atom stereocenters. The normalized spacial score (nSPS) is 12.5. The Morgan fingerprint density at radius 1 is 1.53 bits per heavy atom. The summed E-state index contributed by atoms with van der Waals surface area (Å²) in [5, 5.41) is 21.7. The van der Waals surface area contributed by atoms with E-state index in [0.29, 0.717) is 5.75 Å². The van der Waals surface area contributed by atoms with Crippen molar-refractivity contribution in [3.05, 3.63) is 11.9 Å². The number of aliphatic hydroxyl groups is 2. The quantitative estimate of drug-likeness (QED) is 0.497. The largest absolute Gasteiger partial charge is 0.394 e. The third kappa shape index (κ3) is 3.33. The first kappa shape index (κ1) is 12.2. The maximum Gasteiger partial charge on any atom is 0.133 e. The van der Waals surface area contributed by atoms with Gasteiger partial charge in [0, 0.05) is 18.4 Å². The van der Waals surface area contributed by atoms with Gasteiger partial charge in [-0.1, -0.05) is 0 Å². The molecule has 15 heavy (non-hydrogen) atoms. The van der Waals surface area contributed by atoms with E-state index in [-0.39, 0.29) is 6.61 Å². The smallest absolute Gasteiger partial charge is 0.133 e. The van der Waals surface area contributed by atoms with Gasteiger partial charge in [-0.05, 0) is 6.92 Å². The lowest BCUT2D eigenvalue weighted by Crippen LogP contribution is -2.15. The summed E-state index contributed by atoms with van der Waals surface area (Å²) in [6.45, 7) is 1.69. The van der Waals surface area contributed by atoms with Crippen LogP contribution in [0.15, 0.2) is 11.4 Å². The second kappa shape index (κ2) is 5.89. The summed E-state index contributed by atoms with van der Waals surface area (Å²) >= 11 is 1.41. The minimum absolute atomic E-state index is 0.226. The van der Waals surface area contributed by atoms with E-state index in [1.54, 1.807) is 7.05 Å². The molecule has 3 N–H and O–H groups in total. The summed E-state index contributed by atoms with van der Waals surface area (Å²) in [7, 11) is 1.80. The monoisotopic (exact) mass is 229 g/mol. The van der Waals surface area contributed by atoms with Gasteiger partial charge in [0.25, 0.3) is 0 Å². The zero-order valence-corrected chi connectivity index (χ0v) is 9.58. The molecule has 0 amide bonds. The standard InChI is InChI=1S/C9H15N3O2S/c1-6-8(10-2)11-5-12-9(6)15-4-7(14)3-13/h5,7,13-14H,3-4H2,1-2H3,(H,10,11,12). The van der Waals surface area contributed by atoms with Crippen molar-refractivity contribution in [3.63, 3.8) is 0 Å². The summed E-state index contributed by atoms with van der Waals surface area (Å²) in [6, 6.07) is 0. The van der Waals surface area contributed by atoms with Crippen LogP contribution in [0, 0.1) is 6.92 Å². The van der Waals surface area contributed by atoms with Crippen molar-refractivity contribution in [1.29, 1.82) is 0 Å². The van der Waals surface area contributed by atoms with Crippen molar-refractivity contribution < 1.29 is 10.2 Å². The molecule has 6 heteroatoms. The summed E-state index contributed by atoms with van der Waals surface area (Å²) < 4.78 is 0.